The fourth-order valence-electron chi connectivity index (χ4n) is 3.64. The Balaban J connectivity index is 1.51. The van der Waals surface area contributed by atoms with Gasteiger partial charge in [-0.15, -0.1) is 0 Å². The van der Waals surface area contributed by atoms with Gasteiger partial charge in [0, 0.05) is 39.0 Å². The zero-order valence-corrected chi connectivity index (χ0v) is 20.0. The normalized spacial score (nSPS) is 14.9. The van der Waals surface area contributed by atoms with E-state index in [1.165, 1.54) is 5.69 Å². The first kappa shape index (κ1) is 25.7. The highest BCUT2D eigenvalue weighted by molar-refractivity contribution is 5.98. The van der Waals surface area contributed by atoms with Gasteiger partial charge in [0.05, 0.1) is 33.0 Å². The van der Waals surface area contributed by atoms with E-state index in [1.54, 1.807) is 13.2 Å². The van der Waals surface area contributed by atoms with E-state index in [2.05, 4.69) is 35.0 Å². The third-order valence-electron chi connectivity index (χ3n) is 5.63. The summed E-state index contributed by atoms with van der Waals surface area (Å²) in [5, 5.41) is 11.6. The van der Waals surface area contributed by atoms with Crippen molar-refractivity contribution in [2.24, 2.45) is 0 Å². The summed E-state index contributed by atoms with van der Waals surface area (Å²) in [5.41, 5.74) is 1.95. The van der Waals surface area contributed by atoms with Crippen LogP contribution in [-0.4, -0.2) is 90.8 Å². The Labute approximate surface area is 201 Å². The number of carbonyl (C=O) groups excluding carboxylic acids is 1. The van der Waals surface area contributed by atoms with Crippen LogP contribution in [0.3, 0.4) is 0 Å². The molecule has 0 N–H and O–H groups in total. The van der Waals surface area contributed by atoms with Crippen molar-refractivity contribution in [1.29, 1.82) is 5.26 Å². The maximum absolute atomic E-state index is 12.3. The highest BCUT2D eigenvalue weighted by Crippen LogP contribution is 2.25. The number of piperazine rings is 1. The highest BCUT2D eigenvalue weighted by Gasteiger charge is 2.15. The van der Waals surface area contributed by atoms with Crippen LogP contribution in [0.2, 0.25) is 0 Å². The molecule has 0 bridgehead atoms. The number of nitrogens with zero attached hydrogens (tertiary/aromatic N) is 3. The quantitative estimate of drug-likeness (QED) is 0.204. The summed E-state index contributed by atoms with van der Waals surface area (Å²) < 4.78 is 20.7. The van der Waals surface area contributed by atoms with Gasteiger partial charge in [-0.25, -0.2) is 4.79 Å². The van der Waals surface area contributed by atoms with E-state index in [9.17, 15) is 10.1 Å². The minimum absolute atomic E-state index is 0.0451. The summed E-state index contributed by atoms with van der Waals surface area (Å²) in [6, 6.07) is 14.2. The largest absolute Gasteiger partial charge is 0.459 e. The van der Waals surface area contributed by atoms with Crippen LogP contribution < -0.4 is 4.90 Å². The maximum atomic E-state index is 12.3. The lowest BCUT2D eigenvalue weighted by Crippen LogP contribution is -2.44. The molecular weight excluding hydrogens is 434 g/mol. The Morgan fingerprint density at radius 3 is 2.29 bits per heavy atom. The van der Waals surface area contributed by atoms with Gasteiger partial charge in [0.2, 0.25) is 0 Å². The molecule has 0 radical (unpaired) electrons. The number of hydrogen-bond acceptors (Lipinski definition) is 8. The Bertz CT molecular complexity index is 1010. The summed E-state index contributed by atoms with van der Waals surface area (Å²) in [4.78, 5) is 17.0. The van der Waals surface area contributed by atoms with Crippen molar-refractivity contribution < 1.29 is 23.7 Å². The van der Waals surface area contributed by atoms with Crippen molar-refractivity contribution in [3.63, 3.8) is 0 Å². The molecular formula is C26H33N3O5. The van der Waals surface area contributed by atoms with Gasteiger partial charge in [0.15, 0.2) is 0 Å². The molecule has 1 aliphatic heterocycles. The van der Waals surface area contributed by atoms with Crippen LogP contribution in [0.5, 0.6) is 0 Å². The Morgan fingerprint density at radius 1 is 0.941 bits per heavy atom. The number of nitriles is 1. The van der Waals surface area contributed by atoms with Gasteiger partial charge >= 0.3 is 5.97 Å². The van der Waals surface area contributed by atoms with Gasteiger partial charge < -0.3 is 28.7 Å². The smallest absolute Gasteiger partial charge is 0.348 e. The minimum Gasteiger partial charge on any atom is -0.459 e. The molecule has 2 aromatic rings. The molecule has 182 valence electrons. The number of likely N-dealkylation sites (N-methyl/N-ethyl adjacent to an activating group) is 1. The second-order valence-electron chi connectivity index (χ2n) is 8.10. The third-order valence-corrected chi connectivity index (χ3v) is 5.63. The summed E-state index contributed by atoms with van der Waals surface area (Å²) in [7, 11) is 3.76. The zero-order valence-electron chi connectivity index (χ0n) is 20.0. The number of esters is 1. The van der Waals surface area contributed by atoms with Crippen LogP contribution in [0.4, 0.5) is 5.69 Å². The van der Waals surface area contributed by atoms with Crippen LogP contribution in [0.25, 0.3) is 16.8 Å². The molecule has 0 saturated carbocycles. The van der Waals surface area contributed by atoms with E-state index in [-0.39, 0.29) is 18.8 Å². The van der Waals surface area contributed by atoms with Gasteiger partial charge in [-0.2, -0.15) is 5.26 Å². The van der Waals surface area contributed by atoms with E-state index >= 15 is 0 Å². The van der Waals surface area contributed by atoms with Crippen molar-refractivity contribution in [2.75, 3.05) is 84.9 Å². The third kappa shape index (κ3) is 7.82. The molecule has 0 aromatic heterocycles. The van der Waals surface area contributed by atoms with Gasteiger partial charge in [-0.05, 0) is 47.7 Å². The van der Waals surface area contributed by atoms with Crippen molar-refractivity contribution in [1.82, 2.24) is 4.90 Å². The molecule has 0 aliphatic carbocycles. The Morgan fingerprint density at radius 2 is 1.59 bits per heavy atom. The Hall–Kier alpha value is -2.96. The maximum Gasteiger partial charge on any atom is 0.348 e. The summed E-state index contributed by atoms with van der Waals surface area (Å²) in [6.07, 6.45) is 1.56. The van der Waals surface area contributed by atoms with Crippen molar-refractivity contribution in [2.45, 2.75) is 0 Å². The highest BCUT2D eigenvalue weighted by atomic mass is 16.6. The first-order chi connectivity index (χ1) is 16.6. The molecule has 0 spiro atoms. The molecule has 0 atom stereocenters. The molecule has 34 heavy (non-hydrogen) atoms. The minimum atomic E-state index is -0.659. The molecule has 1 saturated heterocycles. The number of anilines is 1. The Kier molecular flexibility index (Phi) is 10.3. The second kappa shape index (κ2) is 13.7. The van der Waals surface area contributed by atoms with Gasteiger partial charge in [0.1, 0.15) is 18.2 Å². The number of fused-ring (bicyclic) bond motifs is 1. The lowest BCUT2D eigenvalue weighted by atomic mass is 10.0. The molecule has 8 nitrogen and oxygen atoms in total. The first-order valence-corrected chi connectivity index (χ1v) is 11.5. The number of ether oxygens (including phenoxy) is 4. The van der Waals surface area contributed by atoms with E-state index in [0.29, 0.717) is 26.4 Å². The number of carbonyl (C=O) groups is 1. The number of rotatable bonds is 12. The van der Waals surface area contributed by atoms with Crippen molar-refractivity contribution >= 4 is 28.5 Å². The predicted octanol–water partition coefficient (Wildman–Crippen LogP) is 2.72. The fraction of sp³-hybridized carbons (Fsp3) is 0.462. The molecule has 1 aliphatic rings. The van der Waals surface area contributed by atoms with Crippen molar-refractivity contribution in [3.8, 4) is 6.07 Å². The average Bonchev–Trinajstić information content (AvgIpc) is 2.86. The first-order valence-electron chi connectivity index (χ1n) is 11.5. The molecule has 8 heteroatoms. The van der Waals surface area contributed by atoms with Gasteiger partial charge in [-0.3, -0.25) is 0 Å². The van der Waals surface area contributed by atoms with E-state index in [1.807, 2.05) is 24.3 Å². The summed E-state index contributed by atoms with van der Waals surface area (Å²) in [6.45, 7) is 6.36. The predicted molar refractivity (Wildman–Crippen MR) is 132 cm³/mol. The average molecular weight is 468 g/mol. The summed E-state index contributed by atoms with van der Waals surface area (Å²) in [5.74, 6) is -0.659. The standard InChI is InChI=1S/C26H33N3O5/c1-28-7-9-29(10-8-28)25-6-5-22-17-21(3-4-23(22)19-25)18-24(20-27)26(30)34-16-15-33-14-13-32-12-11-31-2/h3-6,17-19H,7-16H2,1-2H3/b24-18-. The topological polar surface area (TPSA) is 84.3 Å². The molecule has 1 heterocycles. The zero-order chi connectivity index (χ0) is 24.2. The van der Waals surface area contributed by atoms with Crippen LogP contribution in [0.1, 0.15) is 5.56 Å². The molecule has 0 unspecified atom stereocenters. The van der Waals surface area contributed by atoms with Gasteiger partial charge in [0.25, 0.3) is 0 Å². The lowest BCUT2D eigenvalue weighted by molar-refractivity contribution is -0.140. The van der Waals surface area contributed by atoms with Crippen LogP contribution in [-0.2, 0) is 23.7 Å². The van der Waals surface area contributed by atoms with Crippen LogP contribution >= 0.6 is 0 Å². The molecule has 2 aromatic carbocycles. The number of methoxy groups -OCH3 is 1. The van der Waals surface area contributed by atoms with E-state index in [4.69, 9.17) is 18.9 Å². The SMILES string of the molecule is COCCOCCOCCOC(=O)/C(C#N)=C\c1ccc2cc(N3CCN(C)CC3)ccc2c1. The van der Waals surface area contributed by atoms with Gasteiger partial charge in [-0.1, -0.05) is 18.2 Å². The number of hydrogen-bond donors (Lipinski definition) is 0. The monoisotopic (exact) mass is 467 g/mol. The van der Waals surface area contributed by atoms with E-state index < -0.39 is 5.97 Å². The van der Waals surface area contributed by atoms with Crippen LogP contribution in [0.15, 0.2) is 42.0 Å². The molecule has 1 fully saturated rings. The molecule has 3 rings (SSSR count). The lowest BCUT2D eigenvalue weighted by Gasteiger charge is -2.34. The summed E-state index contributed by atoms with van der Waals surface area (Å²) >= 11 is 0. The molecule has 0 amide bonds. The van der Waals surface area contributed by atoms with E-state index in [0.717, 1.165) is 42.5 Å². The van der Waals surface area contributed by atoms with Crippen LogP contribution in [0, 0.1) is 11.3 Å². The van der Waals surface area contributed by atoms with Crippen molar-refractivity contribution in [3.05, 3.63) is 47.5 Å². The fourth-order valence-corrected chi connectivity index (χ4v) is 3.64. The number of benzene rings is 2. The second-order valence-corrected chi connectivity index (χ2v) is 8.10.